The fourth-order valence-corrected chi connectivity index (χ4v) is 2.22. The summed E-state index contributed by atoms with van der Waals surface area (Å²) in [5, 5.41) is 0.395. The molecule has 0 saturated carbocycles. The van der Waals surface area contributed by atoms with E-state index in [4.69, 9.17) is 0 Å². The number of benzene rings is 2. The van der Waals surface area contributed by atoms with Gasteiger partial charge in [0, 0.05) is 5.56 Å². The van der Waals surface area contributed by atoms with E-state index in [0.717, 1.165) is 0 Å². The molecule has 22 heavy (non-hydrogen) atoms. The summed E-state index contributed by atoms with van der Waals surface area (Å²) in [5.74, 6) is -0.364. The number of hydrogen-bond donors (Lipinski definition) is 0. The molecular formula is C16H11F3N2O. The number of aromatic nitrogens is 2. The Morgan fingerprint density at radius 1 is 1.05 bits per heavy atom. The molecule has 0 saturated heterocycles. The van der Waals surface area contributed by atoms with E-state index < -0.39 is 6.61 Å². The van der Waals surface area contributed by atoms with Crippen molar-refractivity contribution < 1.29 is 17.9 Å². The second-order valence-electron chi connectivity index (χ2n) is 4.71. The lowest BCUT2D eigenvalue weighted by molar-refractivity contribution is -0.0516. The Morgan fingerprint density at radius 3 is 2.55 bits per heavy atom. The van der Waals surface area contributed by atoms with Gasteiger partial charge in [-0.25, -0.2) is 9.37 Å². The zero-order valence-corrected chi connectivity index (χ0v) is 11.6. The monoisotopic (exact) mass is 304 g/mol. The number of halogens is 3. The molecule has 2 aromatic carbocycles. The van der Waals surface area contributed by atoms with Gasteiger partial charge in [0.05, 0.1) is 10.9 Å². The molecule has 3 nitrogen and oxygen atoms in total. The summed E-state index contributed by atoms with van der Waals surface area (Å²) < 4.78 is 42.9. The molecule has 0 bridgehead atoms. The summed E-state index contributed by atoms with van der Waals surface area (Å²) in [6, 6.07) is 10.8. The summed E-state index contributed by atoms with van der Waals surface area (Å²) in [7, 11) is 0. The van der Waals surface area contributed by atoms with Gasteiger partial charge in [0.1, 0.15) is 5.82 Å². The van der Waals surface area contributed by atoms with E-state index in [-0.39, 0.29) is 17.5 Å². The van der Waals surface area contributed by atoms with Gasteiger partial charge in [0.2, 0.25) is 5.88 Å². The molecule has 3 rings (SSSR count). The van der Waals surface area contributed by atoms with Crippen molar-refractivity contribution in [3.63, 3.8) is 0 Å². The van der Waals surface area contributed by atoms with Crippen molar-refractivity contribution >= 4 is 10.9 Å². The SMILES string of the molecule is Cc1cc(F)ccc1-c1nc(OC(F)F)c2ccccc2n1. The Labute approximate surface area is 124 Å². The Morgan fingerprint density at radius 2 is 1.82 bits per heavy atom. The fourth-order valence-electron chi connectivity index (χ4n) is 2.22. The molecule has 0 fully saturated rings. The van der Waals surface area contributed by atoms with Gasteiger partial charge >= 0.3 is 6.61 Å². The van der Waals surface area contributed by atoms with Crippen LogP contribution in [0.3, 0.4) is 0 Å². The molecule has 0 amide bonds. The standard InChI is InChI=1S/C16H11F3N2O/c1-9-8-10(17)6-7-11(9)14-20-13-5-3-2-4-12(13)15(21-14)22-16(18)19/h2-8,16H,1H3. The van der Waals surface area contributed by atoms with Crippen molar-refractivity contribution in [3.8, 4) is 17.3 Å². The summed E-state index contributed by atoms with van der Waals surface area (Å²) in [4.78, 5) is 8.41. The maximum absolute atomic E-state index is 13.2. The van der Waals surface area contributed by atoms with E-state index in [0.29, 0.717) is 22.0 Å². The van der Waals surface area contributed by atoms with E-state index in [9.17, 15) is 13.2 Å². The lowest BCUT2D eigenvalue weighted by atomic mass is 10.1. The van der Waals surface area contributed by atoms with Gasteiger partial charge in [-0.1, -0.05) is 12.1 Å². The molecule has 1 aromatic heterocycles. The molecular weight excluding hydrogens is 293 g/mol. The van der Waals surface area contributed by atoms with Crippen molar-refractivity contribution in [1.29, 1.82) is 0 Å². The summed E-state index contributed by atoms with van der Waals surface area (Å²) in [6.45, 7) is -1.29. The number of para-hydroxylation sites is 1. The number of alkyl halides is 2. The van der Waals surface area contributed by atoms with Crippen LogP contribution in [0.5, 0.6) is 5.88 Å². The Bertz CT molecular complexity index is 837. The highest BCUT2D eigenvalue weighted by Crippen LogP contribution is 2.29. The van der Waals surface area contributed by atoms with Crippen molar-refractivity contribution in [3.05, 3.63) is 53.8 Å². The van der Waals surface area contributed by atoms with E-state index in [1.165, 1.54) is 18.2 Å². The summed E-state index contributed by atoms with van der Waals surface area (Å²) in [6.07, 6.45) is 0. The first-order chi connectivity index (χ1) is 10.5. The third-order valence-electron chi connectivity index (χ3n) is 3.20. The van der Waals surface area contributed by atoms with Crippen LogP contribution in [0.4, 0.5) is 13.2 Å². The molecule has 1 heterocycles. The molecule has 0 N–H and O–H groups in total. The zero-order chi connectivity index (χ0) is 15.7. The van der Waals surface area contributed by atoms with E-state index in [1.807, 2.05) is 0 Å². The predicted octanol–water partition coefficient (Wildman–Crippen LogP) is 4.35. The largest absolute Gasteiger partial charge is 0.416 e. The molecule has 0 radical (unpaired) electrons. The maximum Gasteiger partial charge on any atom is 0.388 e. The van der Waals surface area contributed by atoms with Crippen LogP contribution in [0.25, 0.3) is 22.3 Å². The number of fused-ring (bicyclic) bond motifs is 1. The van der Waals surface area contributed by atoms with Crippen LogP contribution in [0, 0.1) is 12.7 Å². The molecule has 0 atom stereocenters. The Balaban J connectivity index is 2.22. The van der Waals surface area contributed by atoms with Crippen molar-refractivity contribution in [2.75, 3.05) is 0 Å². The van der Waals surface area contributed by atoms with Gasteiger partial charge < -0.3 is 4.74 Å². The van der Waals surface area contributed by atoms with Gasteiger partial charge in [-0.3, -0.25) is 0 Å². The average molecular weight is 304 g/mol. The molecule has 0 aliphatic heterocycles. The number of hydrogen-bond acceptors (Lipinski definition) is 3. The van der Waals surface area contributed by atoms with Crippen LogP contribution >= 0.6 is 0 Å². The van der Waals surface area contributed by atoms with Gasteiger partial charge in [0.15, 0.2) is 5.82 Å². The first-order valence-corrected chi connectivity index (χ1v) is 6.53. The van der Waals surface area contributed by atoms with Crippen LogP contribution in [-0.4, -0.2) is 16.6 Å². The molecule has 0 spiro atoms. The zero-order valence-electron chi connectivity index (χ0n) is 11.6. The minimum absolute atomic E-state index is 0.195. The van der Waals surface area contributed by atoms with Crippen LogP contribution in [-0.2, 0) is 0 Å². The maximum atomic E-state index is 13.2. The van der Waals surface area contributed by atoms with Crippen molar-refractivity contribution in [1.82, 2.24) is 9.97 Å². The molecule has 0 aliphatic rings. The van der Waals surface area contributed by atoms with Gasteiger partial charge in [0.25, 0.3) is 0 Å². The average Bonchev–Trinajstić information content (AvgIpc) is 2.46. The highest BCUT2D eigenvalue weighted by atomic mass is 19.3. The Hall–Kier alpha value is -2.63. The lowest BCUT2D eigenvalue weighted by Crippen LogP contribution is -2.06. The first kappa shape index (κ1) is 14.3. The first-order valence-electron chi connectivity index (χ1n) is 6.53. The number of rotatable bonds is 3. The molecule has 0 aliphatic carbocycles. The quantitative estimate of drug-likeness (QED) is 0.721. The molecule has 112 valence electrons. The van der Waals surface area contributed by atoms with E-state index in [2.05, 4.69) is 14.7 Å². The molecule has 6 heteroatoms. The van der Waals surface area contributed by atoms with Crippen LogP contribution in [0.15, 0.2) is 42.5 Å². The van der Waals surface area contributed by atoms with Gasteiger partial charge in [-0.15, -0.1) is 0 Å². The second-order valence-corrected chi connectivity index (χ2v) is 4.71. The van der Waals surface area contributed by atoms with Crippen LogP contribution in [0.2, 0.25) is 0 Å². The minimum Gasteiger partial charge on any atom is -0.416 e. The van der Waals surface area contributed by atoms with Crippen LogP contribution < -0.4 is 4.74 Å². The molecule has 0 unspecified atom stereocenters. The number of nitrogens with zero attached hydrogens (tertiary/aromatic N) is 2. The van der Waals surface area contributed by atoms with Gasteiger partial charge in [-0.2, -0.15) is 13.8 Å². The smallest absolute Gasteiger partial charge is 0.388 e. The fraction of sp³-hybridized carbons (Fsp3) is 0.125. The summed E-state index contributed by atoms with van der Waals surface area (Å²) in [5.41, 5.74) is 1.65. The highest BCUT2D eigenvalue weighted by molar-refractivity contribution is 5.85. The number of aryl methyl sites for hydroxylation is 1. The highest BCUT2D eigenvalue weighted by Gasteiger charge is 2.15. The minimum atomic E-state index is -2.99. The van der Waals surface area contributed by atoms with E-state index in [1.54, 1.807) is 31.2 Å². The van der Waals surface area contributed by atoms with E-state index >= 15 is 0 Å². The normalized spacial score (nSPS) is 11.1. The summed E-state index contributed by atoms with van der Waals surface area (Å²) >= 11 is 0. The van der Waals surface area contributed by atoms with Crippen molar-refractivity contribution in [2.24, 2.45) is 0 Å². The molecule has 3 aromatic rings. The third-order valence-corrected chi connectivity index (χ3v) is 3.20. The lowest BCUT2D eigenvalue weighted by Gasteiger charge is -2.10. The van der Waals surface area contributed by atoms with Gasteiger partial charge in [-0.05, 0) is 42.8 Å². The van der Waals surface area contributed by atoms with Crippen LogP contribution in [0.1, 0.15) is 5.56 Å². The number of ether oxygens (including phenoxy) is 1. The Kier molecular flexibility index (Phi) is 3.66. The predicted molar refractivity (Wildman–Crippen MR) is 76.3 cm³/mol. The second kappa shape index (κ2) is 5.63. The topological polar surface area (TPSA) is 35.0 Å². The third kappa shape index (κ3) is 2.72. The van der Waals surface area contributed by atoms with Crippen molar-refractivity contribution in [2.45, 2.75) is 13.5 Å².